The molecule has 1 aromatic rings. The molecule has 1 unspecified atom stereocenters. The van der Waals surface area contributed by atoms with Gasteiger partial charge in [0.15, 0.2) is 0 Å². The predicted molar refractivity (Wildman–Crippen MR) is 85.8 cm³/mol. The summed E-state index contributed by atoms with van der Waals surface area (Å²) in [5.74, 6) is 0.950. The molecule has 0 spiro atoms. The lowest BCUT2D eigenvalue weighted by Gasteiger charge is -2.33. The van der Waals surface area contributed by atoms with E-state index < -0.39 is 6.09 Å². The van der Waals surface area contributed by atoms with Crippen molar-refractivity contribution < 1.29 is 14.7 Å². The lowest BCUT2D eigenvalue weighted by molar-refractivity contribution is 0.0946. The van der Waals surface area contributed by atoms with Crippen LogP contribution in [0.25, 0.3) is 0 Å². The smallest absolute Gasteiger partial charge is 0.407 e. The van der Waals surface area contributed by atoms with E-state index in [0.717, 1.165) is 36.9 Å². The van der Waals surface area contributed by atoms with Gasteiger partial charge in [-0.25, -0.2) is 4.79 Å². The van der Waals surface area contributed by atoms with Crippen molar-refractivity contribution in [2.24, 2.45) is 5.92 Å². The van der Waals surface area contributed by atoms with Gasteiger partial charge in [-0.15, -0.1) is 11.3 Å². The van der Waals surface area contributed by atoms with Crippen LogP contribution in [0.4, 0.5) is 4.79 Å². The molecule has 3 rings (SSSR count). The number of nitrogens with zero attached hydrogens (tertiary/aromatic N) is 1. The molecule has 22 heavy (non-hydrogen) atoms. The van der Waals surface area contributed by atoms with E-state index in [1.807, 2.05) is 0 Å². The summed E-state index contributed by atoms with van der Waals surface area (Å²) in [6.07, 6.45) is 1.92. The first-order valence-electron chi connectivity index (χ1n) is 7.87. The van der Waals surface area contributed by atoms with E-state index in [1.54, 1.807) is 11.3 Å². The average Bonchev–Trinajstić information content (AvgIpc) is 2.85. The molecule has 2 amide bonds. The highest BCUT2D eigenvalue weighted by atomic mass is 32.1. The summed E-state index contributed by atoms with van der Waals surface area (Å²) in [5, 5.41) is 12.0. The van der Waals surface area contributed by atoms with Crippen molar-refractivity contribution in [3.8, 4) is 0 Å². The topological polar surface area (TPSA) is 69.6 Å². The van der Waals surface area contributed by atoms with E-state index in [2.05, 4.69) is 19.2 Å². The Balaban J connectivity index is 1.77. The molecular formula is C16H22N2O3S. The zero-order valence-corrected chi connectivity index (χ0v) is 13.8. The van der Waals surface area contributed by atoms with Crippen LogP contribution in [-0.2, 0) is 6.42 Å². The number of piperidine rings is 1. The summed E-state index contributed by atoms with van der Waals surface area (Å²) in [6, 6.07) is 0. The Morgan fingerprint density at radius 3 is 2.68 bits per heavy atom. The summed E-state index contributed by atoms with van der Waals surface area (Å²) in [7, 11) is 0. The van der Waals surface area contributed by atoms with Crippen LogP contribution in [0.2, 0.25) is 0 Å². The fraction of sp³-hybridized carbons (Fsp3) is 0.625. The van der Waals surface area contributed by atoms with Gasteiger partial charge in [0.2, 0.25) is 0 Å². The van der Waals surface area contributed by atoms with E-state index in [9.17, 15) is 9.59 Å². The second-order valence-electron chi connectivity index (χ2n) is 6.29. The summed E-state index contributed by atoms with van der Waals surface area (Å²) >= 11 is 1.78. The van der Waals surface area contributed by atoms with Gasteiger partial charge in [-0.3, -0.25) is 4.79 Å². The molecule has 3 heterocycles. The minimum Gasteiger partial charge on any atom is -0.465 e. The van der Waals surface area contributed by atoms with E-state index in [0.29, 0.717) is 24.9 Å². The highest BCUT2D eigenvalue weighted by Gasteiger charge is 2.31. The van der Waals surface area contributed by atoms with Gasteiger partial charge >= 0.3 is 6.09 Å². The normalized spacial score (nSPS) is 20.5. The van der Waals surface area contributed by atoms with Gasteiger partial charge in [0, 0.05) is 29.4 Å². The number of nitrogens with one attached hydrogen (secondary N) is 1. The van der Waals surface area contributed by atoms with Crippen molar-refractivity contribution in [1.82, 2.24) is 10.2 Å². The molecular weight excluding hydrogens is 300 g/mol. The van der Waals surface area contributed by atoms with E-state index in [1.165, 1.54) is 14.7 Å². The summed E-state index contributed by atoms with van der Waals surface area (Å²) in [5.41, 5.74) is 2.02. The van der Waals surface area contributed by atoms with E-state index >= 15 is 0 Å². The van der Waals surface area contributed by atoms with Crippen molar-refractivity contribution in [3.63, 3.8) is 0 Å². The molecule has 2 aliphatic rings. The van der Waals surface area contributed by atoms with Crippen LogP contribution in [0.15, 0.2) is 0 Å². The third kappa shape index (κ3) is 2.60. The standard InChI is InChI=1S/C16H22N2O3S/c1-9(11-4-7-18(8-5-11)16(20)21)14-10(2)13-12(22-14)3-6-17-15(13)19/h9,11H,3-8H2,1-2H3,(H,17,19)(H,20,21). The lowest BCUT2D eigenvalue weighted by Crippen LogP contribution is -2.38. The Hall–Kier alpha value is -1.56. The fourth-order valence-electron chi connectivity index (χ4n) is 3.68. The fourth-order valence-corrected chi connectivity index (χ4v) is 5.13. The molecule has 2 aliphatic heterocycles. The SMILES string of the molecule is Cc1c(C(C)C2CCN(C(=O)O)CC2)sc2c1C(=O)NCC2. The number of likely N-dealkylation sites (tertiary alicyclic amines) is 1. The molecule has 0 aromatic carbocycles. The first-order valence-corrected chi connectivity index (χ1v) is 8.69. The van der Waals surface area contributed by atoms with Crippen LogP contribution in [0.3, 0.4) is 0 Å². The number of amides is 2. The second-order valence-corrected chi connectivity index (χ2v) is 7.43. The molecule has 1 aromatic heterocycles. The van der Waals surface area contributed by atoms with Gasteiger partial charge in [0.1, 0.15) is 0 Å². The number of carbonyl (C=O) groups is 2. The van der Waals surface area contributed by atoms with Gasteiger partial charge in [0.25, 0.3) is 5.91 Å². The minimum atomic E-state index is -0.814. The van der Waals surface area contributed by atoms with Crippen molar-refractivity contribution in [2.75, 3.05) is 19.6 Å². The highest BCUT2D eigenvalue weighted by Crippen LogP contribution is 2.41. The van der Waals surface area contributed by atoms with Gasteiger partial charge in [-0.1, -0.05) is 6.92 Å². The van der Waals surface area contributed by atoms with Crippen molar-refractivity contribution >= 4 is 23.3 Å². The number of fused-ring (bicyclic) bond motifs is 1. The third-order valence-electron chi connectivity index (χ3n) is 5.05. The van der Waals surface area contributed by atoms with Gasteiger partial charge in [-0.2, -0.15) is 0 Å². The molecule has 0 aliphatic carbocycles. The number of rotatable bonds is 2. The molecule has 120 valence electrons. The molecule has 1 fully saturated rings. The summed E-state index contributed by atoms with van der Waals surface area (Å²) in [6.45, 7) is 6.25. The number of carboxylic acid groups (broad SMARTS) is 1. The van der Waals surface area contributed by atoms with E-state index in [4.69, 9.17) is 5.11 Å². The van der Waals surface area contributed by atoms with Crippen LogP contribution in [0.5, 0.6) is 0 Å². The van der Waals surface area contributed by atoms with Crippen LogP contribution in [-0.4, -0.2) is 41.6 Å². The van der Waals surface area contributed by atoms with Crippen molar-refractivity contribution in [1.29, 1.82) is 0 Å². The first-order chi connectivity index (χ1) is 10.5. The monoisotopic (exact) mass is 322 g/mol. The zero-order valence-electron chi connectivity index (χ0n) is 13.0. The Kier molecular flexibility index (Phi) is 4.12. The number of carbonyl (C=O) groups excluding carboxylic acids is 1. The second kappa shape index (κ2) is 5.91. The Labute approximate surface area is 134 Å². The maximum Gasteiger partial charge on any atom is 0.407 e. The van der Waals surface area contributed by atoms with Gasteiger partial charge < -0.3 is 15.3 Å². The maximum atomic E-state index is 12.1. The predicted octanol–water partition coefficient (Wildman–Crippen LogP) is 2.84. The Morgan fingerprint density at radius 2 is 2.09 bits per heavy atom. The molecule has 2 N–H and O–H groups in total. The Morgan fingerprint density at radius 1 is 1.41 bits per heavy atom. The van der Waals surface area contributed by atoms with Crippen LogP contribution in [0, 0.1) is 12.8 Å². The van der Waals surface area contributed by atoms with Crippen molar-refractivity contribution in [2.45, 2.75) is 39.0 Å². The zero-order chi connectivity index (χ0) is 15.9. The average molecular weight is 322 g/mol. The van der Waals surface area contributed by atoms with Crippen LogP contribution >= 0.6 is 11.3 Å². The van der Waals surface area contributed by atoms with Gasteiger partial charge in [-0.05, 0) is 43.6 Å². The maximum absolute atomic E-state index is 12.1. The largest absolute Gasteiger partial charge is 0.465 e. The van der Waals surface area contributed by atoms with Gasteiger partial charge in [0.05, 0.1) is 5.56 Å². The first kappa shape index (κ1) is 15.3. The minimum absolute atomic E-state index is 0.0640. The molecule has 0 bridgehead atoms. The molecule has 5 nitrogen and oxygen atoms in total. The molecule has 1 atom stereocenters. The number of thiophene rings is 1. The molecule has 0 saturated carbocycles. The highest BCUT2D eigenvalue weighted by molar-refractivity contribution is 7.12. The Bertz CT molecular complexity index is 603. The third-order valence-corrected chi connectivity index (χ3v) is 6.60. The van der Waals surface area contributed by atoms with Crippen molar-refractivity contribution in [3.05, 3.63) is 20.9 Å². The molecule has 0 radical (unpaired) electrons. The quantitative estimate of drug-likeness (QED) is 0.879. The summed E-state index contributed by atoms with van der Waals surface area (Å²) in [4.78, 5) is 27.1. The number of hydrogen-bond acceptors (Lipinski definition) is 3. The molecule has 1 saturated heterocycles. The van der Waals surface area contributed by atoms with E-state index in [-0.39, 0.29) is 5.91 Å². The molecule has 6 heteroatoms. The van der Waals surface area contributed by atoms with Crippen LogP contribution in [0.1, 0.15) is 51.4 Å². The summed E-state index contributed by atoms with van der Waals surface area (Å²) < 4.78 is 0. The number of hydrogen-bond donors (Lipinski definition) is 2. The van der Waals surface area contributed by atoms with Crippen LogP contribution < -0.4 is 5.32 Å². The lowest BCUT2D eigenvalue weighted by atomic mass is 9.83.